The van der Waals surface area contributed by atoms with Crippen LogP contribution in [-0.4, -0.2) is 9.97 Å². The van der Waals surface area contributed by atoms with E-state index in [-0.39, 0.29) is 5.82 Å². The van der Waals surface area contributed by atoms with E-state index in [4.69, 9.17) is 11.6 Å². The molecule has 0 fully saturated rings. The summed E-state index contributed by atoms with van der Waals surface area (Å²) in [6.45, 7) is 1.73. The summed E-state index contributed by atoms with van der Waals surface area (Å²) in [5, 5.41) is 2.25. The fraction of sp³-hybridized carbons (Fsp3) is 0.0714. The van der Waals surface area contributed by atoms with Crippen LogP contribution in [0.4, 0.5) is 4.39 Å². The molecule has 0 saturated heterocycles. The van der Waals surface area contributed by atoms with E-state index in [2.05, 4.69) is 15.0 Å². The lowest BCUT2D eigenvalue weighted by Gasteiger charge is -2.04. The van der Waals surface area contributed by atoms with Crippen molar-refractivity contribution in [2.24, 2.45) is 0 Å². The Labute approximate surface area is 114 Å². The van der Waals surface area contributed by atoms with Crippen molar-refractivity contribution in [3.8, 4) is 11.3 Å². The summed E-state index contributed by atoms with van der Waals surface area (Å²) in [4.78, 5) is 11.2. The van der Waals surface area contributed by atoms with Crippen molar-refractivity contribution < 1.29 is 9.37 Å². The lowest BCUT2D eigenvalue weighted by Crippen LogP contribution is -2.05. The van der Waals surface area contributed by atoms with Crippen LogP contribution < -0.4 is 4.98 Å². The van der Waals surface area contributed by atoms with Gasteiger partial charge in [0.05, 0.1) is 11.3 Å². The van der Waals surface area contributed by atoms with Crippen molar-refractivity contribution in [2.75, 3.05) is 0 Å². The number of fused-ring (bicyclic) bond motifs is 1. The topological polar surface area (TPSA) is 39.9 Å². The second kappa shape index (κ2) is 4.55. The van der Waals surface area contributed by atoms with Crippen LogP contribution in [0.25, 0.3) is 22.0 Å². The number of nitrogens with zero attached hydrogens (tertiary/aromatic N) is 2. The third-order valence-electron chi connectivity index (χ3n) is 3.05. The molecule has 1 N–H and O–H groups in total. The minimum Gasteiger partial charge on any atom is -0.255 e. The molecule has 0 atom stereocenters. The van der Waals surface area contributed by atoms with Crippen LogP contribution in [0.15, 0.2) is 36.9 Å². The maximum Gasteiger partial charge on any atom is 0.203 e. The third-order valence-corrected chi connectivity index (χ3v) is 3.25. The van der Waals surface area contributed by atoms with Crippen LogP contribution in [0, 0.1) is 12.7 Å². The summed E-state index contributed by atoms with van der Waals surface area (Å²) in [6.07, 6.45) is 6.45. The van der Waals surface area contributed by atoms with Gasteiger partial charge in [-0.2, -0.15) is 0 Å². The molecular weight excluding hydrogens is 265 g/mol. The first-order valence-electron chi connectivity index (χ1n) is 5.73. The van der Waals surface area contributed by atoms with Gasteiger partial charge in [0.15, 0.2) is 12.0 Å². The predicted molar refractivity (Wildman–Crippen MR) is 71.2 cm³/mol. The summed E-state index contributed by atoms with van der Waals surface area (Å²) in [7, 11) is 0. The highest BCUT2D eigenvalue weighted by Gasteiger charge is 2.12. The highest BCUT2D eigenvalue weighted by molar-refractivity contribution is 6.30. The van der Waals surface area contributed by atoms with E-state index >= 15 is 0 Å². The number of hydrogen-bond acceptors (Lipinski definition) is 2. The molecule has 0 aliphatic rings. The van der Waals surface area contributed by atoms with E-state index < -0.39 is 0 Å². The van der Waals surface area contributed by atoms with E-state index in [1.165, 1.54) is 6.20 Å². The van der Waals surface area contributed by atoms with E-state index in [9.17, 15) is 4.39 Å². The Hall–Kier alpha value is -2.07. The largest absolute Gasteiger partial charge is 0.255 e. The molecule has 3 nitrogen and oxygen atoms in total. The Morgan fingerprint density at radius 3 is 2.68 bits per heavy atom. The van der Waals surface area contributed by atoms with Crippen molar-refractivity contribution in [1.82, 2.24) is 9.97 Å². The molecule has 0 aromatic carbocycles. The van der Waals surface area contributed by atoms with Gasteiger partial charge in [0.2, 0.25) is 6.20 Å². The molecule has 3 aromatic rings. The molecule has 3 rings (SSSR count). The number of nitrogens with one attached hydrogen (secondary N) is 1. The minimum absolute atomic E-state index is 0.284. The number of rotatable bonds is 1. The van der Waals surface area contributed by atoms with Crippen molar-refractivity contribution in [3.63, 3.8) is 0 Å². The monoisotopic (exact) mass is 274 g/mol. The van der Waals surface area contributed by atoms with E-state index in [0.29, 0.717) is 16.4 Å². The summed E-state index contributed by atoms with van der Waals surface area (Å²) in [5.74, 6) is -0.284. The number of hydrogen-bond donors (Lipinski definition) is 0. The first-order chi connectivity index (χ1) is 9.15. The molecular formula is C14H10ClFN3+. The van der Waals surface area contributed by atoms with Gasteiger partial charge in [-0.15, -0.1) is 0 Å². The third kappa shape index (κ3) is 2.15. The molecule has 5 heteroatoms. The van der Waals surface area contributed by atoms with Gasteiger partial charge >= 0.3 is 0 Å². The van der Waals surface area contributed by atoms with Gasteiger partial charge in [-0.1, -0.05) is 11.6 Å². The second-order valence-corrected chi connectivity index (χ2v) is 4.65. The zero-order valence-electron chi connectivity index (χ0n) is 10.1. The van der Waals surface area contributed by atoms with Crippen molar-refractivity contribution in [1.29, 1.82) is 0 Å². The lowest BCUT2D eigenvalue weighted by molar-refractivity contribution is -0.380. The van der Waals surface area contributed by atoms with Crippen LogP contribution in [0.1, 0.15) is 5.56 Å². The molecule has 94 valence electrons. The van der Waals surface area contributed by atoms with Gasteiger partial charge < -0.3 is 0 Å². The van der Waals surface area contributed by atoms with Crippen LogP contribution in [-0.2, 0) is 0 Å². The standard InChI is InChI=1S/C14H9ClFN3/c1-8-11(6-17-7-12(8)16)13-2-9-5-19-14(15)3-10(9)4-18-13/h2-7H,1H3/p+1. The fourth-order valence-corrected chi connectivity index (χ4v) is 2.13. The van der Waals surface area contributed by atoms with Crippen LogP contribution >= 0.6 is 11.6 Å². The van der Waals surface area contributed by atoms with E-state index in [0.717, 1.165) is 16.3 Å². The molecule has 19 heavy (non-hydrogen) atoms. The first kappa shape index (κ1) is 12.0. The summed E-state index contributed by atoms with van der Waals surface area (Å²) in [5.41, 5.74) is 1.99. The second-order valence-electron chi connectivity index (χ2n) is 4.27. The van der Waals surface area contributed by atoms with Crippen LogP contribution in [0.3, 0.4) is 0 Å². The number of H-pyrrole nitrogens is 1. The molecule has 0 radical (unpaired) electrons. The van der Waals surface area contributed by atoms with Gasteiger partial charge in [-0.25, -0.2) is 14.4 Å². The molecule has 0 spiro atoms. The van der Waals surface area contributed by atoms with Gasteiger partial charge in [-0.05, 0) is 19.1 Å². The Morgan fingerprint density at radius 1 is 1.11 bits per heavy atom. The molecule has 0 amide bonds. The average Bonchev–Trinajstić information content (AvgIpc) is 2.41. The summed E-state index contributed by atoms with van der Waals surface area (Å²) < 4.78 is 13.5. The molecule has 0 aliphatic carbocycles. The zero-order chi connectivity index (χ0) is 13.4. The minimum atomic E-state index is -0.284. The number of aromatic amines is 1. The highest BCUT2D eigenvalue weighted by atomic mass is 35.5. The first-order valence-corrected chi connectivity index (χ1v) is 6.11. The van der Waals surface area contributed by atoms with Gasteiger partial charge in [0.25, 0.3) is 0 Å². The van der Waals surface area contributed by atoms with Crippen molar-refractivity contribution in [3.05, 3.63) is 53.5 Å². The molecule has 0 unspecified atom stereocenters. The molecule has 0 aliphatic heterocycles. The van der Waals surface area contributed by atoms with E-state index in [1.807, 2.05) is 6.07 Å². The number of halogens is 2. The maximum absolute atomic E-state index is 13.5. The Morgan fingerprint density at radius 2 is 1.84 bits per heavy atom. The van der Waals surface area contributed by atoms with Crippen LogP contribution in [0.2, 0.25) is 5.15 Å². The van der Waals surface area contributed by atoms with Crippen molar-refractivity contribution >= 4 is 22.4 Å². The Balaban J connectivity index is 2.20. The highest BCUT2D eigenvalue weighted by Crippen LogP contribution is 2.25. The van der Waals surface area contributed by atoms with Gasteiger partial charge in [0.1, 0.15) is 5.15 Å². The molecule has 0 bridgehead atoms. The molecule has 3 aromatic heterocycles. The predicted octanol–water partition coefficient (Wildman–Crippen LogP) is 3.21. The quantitative estimate of drug-likeness (QED) is 0.639. The van der Waals surface area contributed by atoms with Crippen LogP contribution in [0.5, 0.6) is 0 Å². The Bertz CT molecular complexity index is 774. The van der Waals surface area contributed by atoms with Gasteiger partial charge in [-0.3, -0.25) is 4.98 Å². The normalized spacial score (nSPS) is 10.9. The van der Waals surface area contributed by atoms with Gasteiger partial charge in [0, 0.05) is 28.7 Å². The smallest absolute Gasteiger partial charge is 0.203 e. The summed E-state index contributed by atoms with van der Waals surface area (Å²) in [6, 6.07) is 3.62. The van der Waals surface area contributed by atoms with Crippen molar-refractivity contribution in [2.45, 2.75) is 6.92 Å². The maximum atomic E-state index is 13.5. The molecule has 0 saturated carbocycles. The van der Waals surface area contributed by atoms with E-state index in [1.54, 1.807) is 31.6 Å². The Kier molecular flexibility index (Phi) is 2.87. The summed E-state index contributed by atoms with van der Waals surface area (Å²) >= 11 is 5.83. The lowest BCUT2D eigenvalue weighted by atomic mass is 10.1. The fourth-order valence-electron chi connectivity index (χ4n) is 1.97. The zero-order valence-corrected chi connectivity index (χ0v) is 10.9. The molecule has 3 heterocycles. The average molecular weight is 275 g/mol. The number of pyridine rings is 3. The SMILES string of the molecule is Cc1c(F)c[nH+]cc1-c1cc2cnc(Cl)cc2cn1. The number of aromatic nitrogens is 3.